The number of amides is 1. The average Bonchev–Trinajstić information content (AvgIpc) is 3.33. The molecule has 0 aliphatic heterocycles. The minimum atomic E-state index is -1.01. The standard InChI is InChI=1S/C31H44N6O4/c1-5-6-7-11-18-32-27-26-28(36(21-33-26)20-25(38)39)35-29(34-27)37(30(40)41-31(2,3)4)19-22-14-16-24(17-15-22)23-12-9-8-10-13-23/h14-17,21,23H,5-13,18-20H2,1-4H3,(H,38,39)(H,32,34,35). The number of nitrogens with zero attached hydrogens (tertiary/aromatic N) is 5. The lowest BCUT2D eigenvalue weighted by atomic mass is 9.84. The van der Waals surface area contributed by atoms with E-state index in [-0.39, 0.29) is 19.0 Å². The summed E-state index contributed by atoms with van der Waals surface area (Å²) < 4.78 is 7.22. The second kappa shape index (κ2) is 13.8. The van der Waals surface area contributed by atoms with Crippen LogP contribution < -0.4 is 10.2 Å². The Morgan fingerprint density at radius 3 is 2.46 bits per heavy atom. The first-order valence-corrected chi connectivity index (χ1v) is 14.9. The third kappa shape index (κ3) is 8.41. The van der Waals surface area contributed by atoms with Crippen LogP contribution in [0.3, 0.4) is 0 Å². The predicted octanol–water partition coefficient (Wildman–Crippen LogP) is 6.89. The second-order valence-electron chi connectivity index (χ2n) is 11.9. The fraction of sp³-hybridized carbons (Fsp3) is 0.581. The third-order valence-electron chi connectivity index (χ3n) is 7.33. The van der Waals surface area contributed by atoms with Crippen molar-refractivity contribution in [1.29, 1.82) is 0 Å². The van der Waals surface area contributed by atoms with Crippen molar-refractivity contribution in [2.45, 2.75) is 110 Å². The monoisotopic (exact) mass is 564 g/mol. The van der Waals surface area contributed by atoms with E-state index in [1.165, 1.54) is 53.5 Å². The zero-order valence-corrected chi connectivity index (χ0v) is 24.9. The number of carboxylic acids is 1. The number of hydrogen-bond donors (Lipinski definition) is 2. The molecule has 2 aromatic heterocycles. The molecule has 2 heterocycles. The first-order valence-electron chi connectivity index (χ1n) is 14.9. The van der Waals surface area contributed by atoms with Gasteiger partial charge >= 0.3 is 12.1 Å². The van der Waals surface area contributed by atoms with Gasteiger partial charge in [-0.05, 0) is 57.1 Å². The fourth-order valence-corrected chi connectivity index (χ4v) is 5.24. The van der Waals surface area contributed by atoms with Gasteiger partial charge in [-0.3, -0.25) is 4.79 Å². The fourth-order valence-electron chi connectivity index (χ4n) is 5.24. The maximum absolute atomic E-state index is 13.5. The molecular formula is C31H44N6O4. The summed E-state index contributed by atoms with van der Waals surface area (Å²) in [5.74, 6) is 0.171. The summed E-state index contributed by atoms with van der Waals surface area (Å²) in [6.45, 7) is 8.18. The van der Waals surface area contributed by atoms with Crippen molar-refractivity contribution in [3.8, 4) is 0 Å². The number of imidazole rings is 1. The summed E-state index contributed by atoms with van der Waals surface area (Å²) in [4.78, 5) is 40.3. The van der Waals surface area contributed by atoms with Gasteiger partial charge in [-0.15, -0.1) is 0 Å². The smallest absolute Gasteiger partial charge is 0.417 e. The minimum absolute atomic E-state index is 0.131. The van der Waals surface area contributed by atoms with E-state index < -0.39 is 17.7 Å². The van der Waals surface area contributed by atoms with Gasteiger partial charge in [0.15, 0.2) is 17.0 Å². The number of aromatic nitrogens is 4. The Labute approximate surface area is 242 Å². The van der Waals surface area contributed by atoms with Crippen LogP contribution in [0.1, 0.15) is 103 Å². The number of ether oxygens (including phenoxy) is 1. The molecule has 1 aliphatic carbocycles. The highest BCUT2D eigenvalue weighted by Crippen LogP contribution is 2.33. The molecule has 1 aliphatic rings. The molecule has 3 aromatic rings. The topological polar surface area (TPSA) is 122 Å². The lowest BCUT2D eigenvalue weighted by Gasteiger charge is -2.27. The Morgan fingerprint density at radius 2 is 1.80 bits per heavy atom. The van der Waals surface area contributed by atoms with Gasteiger partial charge < -0.3 is 19.7 Å². The van der Waals surface area contributed by atoms with Crippen molar-refractivity contribution in [2.75, 3.05) is 16.8 Å². The Hall–Kier alpha value is -3.69. The van der Waals surface area contributed by atoms with Gasteiger partial charge in [-0.1, -0.05) is 69.7 Å². The molecule has 2 N–H and O–H groups in total. The molecule has 0 unspecified atom stereocenters. The van der Waals surface area contributed by atoms with Gasteiger partial charge in [0, 0.05) is 6.54 Å². The zero-order chi connectivity index (χ0) is 29.4. The second-order valence-corrected chi connectivity index (χ2v) is 11.9. The largest absolute Gasteiger partial charge is 0.480 e. The quantitative estimate of drug-likeness (QED) is 0.228. The van der Waals surface area contributed by atoms with Crippen molar-refractivity contribution in [3.05, 3.63) is 41.7 Å². The SMILES string of the molecule is CCCCCCNc1nc(N(Cc2ccc(C3CCCCC3)cc2)C(=O)OC(C)(C)C)nc2c1ncn2CC(=O)O. The molecular weight excluding hydrogens is 520 g/mol. The van der Waals surface area contributed by atoms with Crippen molar-refractivity contribution < 1.29 is 19.4 Å². The highest BCUT2D eigenvalue weighted by molar-refractivity contribution is 5.90. The molecule has 0 saturated heterocycles. The van der Waals surface area contributed by atoms with E-state index in [1.807, 2.05) is 20.8 Å². The first-order chi connectivity index (χ1) is 19.6. The van der Waals surface area contributed by atoms with E-state index in [2.05, 4.69) is 46.5 Å². The molecule has 222 valence electrons. The normalized spacial score (nSPS) is 14.2. The van der Waals surface area contributed by atoms with Crippen LogP contribution in [0, 0.1) is 0 Å². The third-order valence-corrected chi connectivity index (χ3v) is 7.33. The maximum Gasteiger partial charge on any atom is 0.417 e. The Bertz CT molecular complexity index is 1310. The molecule has 10 heteroatoms. The predicted molar refractivity (Wildman–Crippen MR) is 160 cm³/mol. The number of carbonyl (C=O) groups excluding carboxylic acids is 1. The van der Waals surface area contributed by atoms with Crippen LogP contribution in [0.2, 0.25) is 0 Å². The minimum Gasteiger partial charge on any atom is -0.480 e. The van der Waals surface area contributed by atoms with E-state index in [4.69, 9.17) is 9.72 Å². The number of hydrogen-bond acceptors (Lipinski definition) is 7. The molecule has 0 atom stereocenters. The number of carboxylic acid groups (broad SMARTS) is 1. The summed E-state index contributed by atoms with van der Waals surface area (Å²) in [6, 6.07) is 8.44. The summed E-state index contributed by atoms with van der Waals surface area (Å²) >= 11 is 0. The van der Waals surface area contributed by atoms with Crippen LogP contribution in [0.4, 0.5) is 16.6 Å². The molecule has 41 heavy (non-hydrogen) atoms. The zero-order valence-electron chi connectivity index (χ0n) is 24.9. The molecule has 0 spiro atoms. The van der Waals surface area contributed by atoms with Gasteiger partial charge in [0.25, 0.3) is 0 Å². The molecule has 0 bridgehead atoms. The first kappa shape index (κ1) is 30.3. The highest BCUT2D eigenvalue weighted by atomic mass is 16.6. The number of fused-ring (bicyclic) bond motifs is 1. The number of unbranched alkanes of at least 4 members (excludes halogenated alkanes) is 3. The van der Waals surface area contributed by atoms with Gasteiger partial charge in [-0.2, -0.15) is 9.97 Å². The van der Waals surface area contributed by atoms with Crippen LogP contribution in [0.5, 0.6) is 0 Å². The number of aliphatic carboxylic acids is 1. The van der Waals surface area contributed by atoms with Crippen LogP contribution >= 0.6 is 0 Å². The average molecular weight is 565 g/mol. The van der Waals surface area contributed by atoms with E-state index in [0.29, 0.717) is 29.4 Å². The molecule has 1 saturated carbocycles. The molecule has 0 radical (unpaired) electrons. The van der Waals surface area contributed by atoms with Crippen LogP contribution in [-0.2, 0) is 22.6 Å². The number of benzene rings is 1. The molecule has 1 fully saturated rings. The maximum atomic E-state index is 13.5. The molecule has 1 aromatic carbocycles. The summed E-state index contributed by atoms with van der Waals surface area (Å²) in [5.41, 5.74) is 2.34. The van der Waals surface area contributed by atoms with Gasteiger partial charge in [0.2, 0.25) is 5.95 Å². The number of nitrogens with one attached hydrogen (secondary N) is 1. The van der Waals surface area contributed by atoms with E-state index >= 15 is 0 Å². The Balaban J connectivity index is 1.68. The summed E-state index contributed by atoms with van der Waals surface area (Å²) in [6.07, 6.45) is 11.5. The number of anilines is 2. The van der Waals surface area contributed by atoms with Gasteiger partial charge in [0.05, 0.1) is 12.9 Å². The highest BCUT2D eigenvalue weighted by Gasteiger charge is 2.28. The Kier molecular flexibility index (Phi) is 10.2. The molecule has 10 nitrogen and oxygen atoms in total. The van der Waals surface area contributed by atoms with Crippen molar-refractivity contribution in [1.82, 2.24) is 19.5 Å². The van der Waals surface area contributed by atoms with Crippen molar-refractivity contribution in [2.24, 2.45) is 0 Å². The van der Waals surface area contributed by atoms with Crippen LogP contribution in [-0.4, -0.2) is 48.8 Å². The number of carbonyl (C=O) groups is 2. The van der Waals surface area contributed by atoms with Crippen molar-refractivity contribution in [3.63, 3.8) is 0 Å². The Morgan fingerprint density at radius 1 is 1.07 bits per heavy atom. The molecule has 1 amide bonds. The number of rotatable bonds is 12. The van der Waals surface area contributed by atoms with Gasteiger partial charge in [-0.25, -0.2) is 14.7 Å². The molecule has 4 rings (SSSR count). The summed E-state index contributed by atoms with van der Waals surface area (Å²) in [7, 11) is 0. The lowest BCUT2D eigenvalue weighted by Crippen LogP contribution is -2.37. The van der Waals surface area contributed by atoms with Crippen LogP contribution in [0.25, 0.3) is 11.2 Å². The van der Waals surface area contributed by atoms with Crippen LogP contribution in [0.15, 0.2) is 30.6 Å². The summed E-state index contributed by atoms with van der Waals surface area (Å²) in [5, 5.41) is 12.8. The lowest BCUT2D eigenvalue weighted by molar-refractivity contribution is -0.137. The van der Waals surface area contributed by atoms with E-state index in [0.717, 1.165) is 31.2 Å². The van der Waals surface area contributed by atoms with E-state index in [1.54, 1.807) is 0 Å². The van der Waals surface area contributed by atoms with Crippen molar-refractivity contribution >= 4 is 35.0 Å². The van der Waals surface area contributed by atoms with E-state index in [9.17, 15) is 14.7 Å². The van der Waals surface area contributed by atoms with Gasteiger partial charge in [0.1, 0.15) is 12.1 Å².